The number of nitrogens with zero attached hydrogens (tertiary/aromatic N) is 3. The van der Waals surface area contributed by atoms with Crippen LogP contribution in [0.3, 0.4) is 0 Å². The van der Waals surface area contributed by atoms with Gasteiger partial charge in [0.15, 0.2) is 0 Å². The Balaban J connectivity index is 1.94. The highest BCUT2D eigenvalue weighted by atomic mass is 31.0. The molecule has 1 aliphatic heterocycles. The molecule has 5 heteroatoms. The molecule has 160 valence electrons. The standard InChI is InChI=1S/C26H29FN3P/c1-5-19-22(27)12-11-18-9-6-10-20(23(18)19)24-25(31)17(3)21(14-29-24)26(28-4)30-13-7-8-16(2)15-30/h6,9-12,14,16H,3-5,7-8,13,15,31H2,1-2H3/b26-21+. The van der Waals surface area contributed by atoms with Gasteiger partial charge in [0.2, 0.25) is 0 Å². The van der Waals surface area contributed by atoms with Gasteiger partial charge >= 0.3 is 0 Å². The lowest BCUT2D eigenvalue weighted by atomic mass is 9.95. The van der Waals surface area contributed by atoms with Gasteiger partial charge in [-0.25, -0.2) is 9.38 Å². The fraction of sp³-hybridized carbons (Fsp3) is 0.308. The third-order valence-electron chi connectivity index (χ3n) is 6.28. The third-order valence-corrected chi connectivity index (χ3v) is 6.90. The zero-order valence-corrected chi connectivity index (χ0v) is 19.4. The maximum Gasteiger partial charge on any atom is 0.137 e. The van der Waals surface area contributed by atoms with Crippen molar-refractivity contribution in [1.29, 1.82) is 0 Å². The number of aryl methyl sites for hydroxylation is 1. The zero-order chi connectivity index (χ0) is 22.1. The highest BCUT2D eigenvalue weighted by Crippen LogP contribution is 2.31. The topological polar surface area (TPSA) is 28.5 Å². The van der Waals surface area contributed by atoms with Crippen molar-refractivity contribution in [2.24, 2.45) is 10.9 Å². The molecule has 2 heterocycles. The second-order valence-corrected chi connectivity index (χ2v) is 8.95. The quantitative estimate of drug-likeness (QED) is 0.460. The molecule has 0 N–H and O–H groups in total. The molecule has 0 saturated carbocycles. The number of aliphatic imine (C=N–C) groups is 1. The van der Waals surface area contributed by atoms with Crippen molar-refractivity contribution < 1.29 is 4.39 Å². The van der Waals surface area contributed by atoms with E-state index in [1.807, 2.05) is 37.4 Å². The SMILES string of the molecule is C=N/C(=c1/cnc(-c2cccc3ccc(F)c(CC)c23)c(P)c1=C)N1CCCC(C)C1. The Morgan fingerprint density at radius 2 is 2.13 bits per heavy atom. The highest BCUT2D eigenvalue weighted by Gasteiger charge is 2.20. The van der Waals surface area contributed by atoms with Gasteiger partial charge in [-0.1, -0.05) is 44.7 Å². The molecule has 1 aliphatic rings. The first-order valence-electron chi connectivity index (χ1n) is 10.9. The second kappa shape index (κ2) is 8.88. The van der Waals surface area contributed by atoms with Crippen LogP contribution in [-0.4, -0.2) is 29.7 Å². The molecule has 1 saturated heterocycles. The van der Waals surface area contributed by atoms with Crippen LogP contribution in [0.1, 0.15) is 32.3 Å². The molecule has 4 rings (SSSR count). The minimum atomic E-state index is -0.176. The molecular weight excluding hydrogens is 404 g/mol. The van der Waals surface area contributed by atoms with Crippen molar-refractivity contribution >= 4 is 44.4 Å². The number of hydrogen-bond acceptors (Lipinski definition) is 3. The van der Waals surface area contributed by atoms with Crippen LogP contribution in [0, 0.1) is 11.7 Å². The van der Waals surface area contributed by atoms with Gasteiger partial charge in [-0.05, 0) is 59.5 Å². The van der Waals surface area contributed by atoms with E-state index in [4.69, 9.17) is 4.98 Å². The fourth-order valence-electron chi connectivity index (χ4n) is 4.68. The zero-order valence-electron chi connectivity index (χ0n) is 18.3. The number of pyridine rings is 1. The van der Waals surface area contributed by atoms with E-state index in [0.29, 0.717) is 12.3 Å². The van der Waals surface area contributed by atoms with E-state index >= 15 is 0 Å². The summed E-state index contributed by atoms with van der Waals surface area (Å²) in [4.78, 5) is 11.5. The average Bonchev–Trinajstić information content (AvgIpc) is 2.77. The van der Waals surface area contributed by atoms with Crippen molar-refractivity contribution in [1.82, 2.24) is 9.88 Å². The molecule has 0 amide bonds. The van der Waals surface area contributed by atoms with Crippen molar-refractivity contribution in [3.05, 3.63) is 58.3 Å². The first-order valence-corrected chi connectivity index (χ1v) is 11.4. The summed E-state index contributed by atoms with van der Waals surface area (Å²) in [5.41, 5.74) is 2.45. The van der Waals surface area contributed by atoms with E-state index in [0.717, 1.165) is 68.7 Å². The van der Waals surface area contributed by atoms with Crippen LogP contribution >= 0.6 is 9.24 Å². The monoisotopic (exact) mass is 433 g/mol. The Labute approximate surface area is 185 Å². The number of benzene rings is 2. The lowest BCUT2D eigenvalue weighted by Gasteiger charge is -2.32. The van der Waals surface area contributed by atoms with Crippen LogP contribution < -0.4 is 15.7 Å². The van der Waals surface area contributed by atoms with Gasteiger partial charge < -0.3 is 4.90 Å². The Morgan fingerprint density at radius 3 is 2.84 bits per heavy atom. The largest absolute Gasteiger partial charge is 0.356 e. The predicted octanol–water partition coefficient (Wildman–Crippen LogP) is 4.01. The summed E-state index contributed by atoms with van der Waals surface area (Å²) in [5, 5.41) is 4.60. The van der Waals surface area contributed by atoms with Gasteiger partial charge in [-0.2, -0.15) is 0 Å². The van der Waals surface area contributed by atoms with Gasteiger partial charge in [-0.3, -0.25) is 4.98 Å². The van der Waals surface area contributed by atoms with Crippen LogP contribution in [-0.2, 0) is 6.42 Å². The van der Waals surface area contributed by atoms with Gasteiger partial charge in [0.05, 0.1) is 5.69 Å². The summed E-state index contributed by atoms with van der Waals surface area (Å²) in [7, 11) is 2.79. The number of aromatic nitrogens is 1. The van der Waals surface area contributed by atoms with E-state index in [-0.39, 0.29) is 5.82 Å². The predicted molar refractivity (Wildman–Crippen MR) is 134 cm³/mol. The normalized spacial score (nSPS) is 17.7. The molecule has 0 radical (unpaired) electrons. The highest BCUT2D eigenvalue weighted by molar-refractivity contribution is 7.27. The molecule has 2 aromatic carbocycles. The maximum atomic E-state index is 14.6. The summed E-state index contributed by atoms with van der Waals surface area (Å²) in [6, 6.07) is 9.41. The summed E-state index contributed by atoms with van der Waals surface area (Å²) in [5.74, 6) is 1.29. The van der Waals surface area contributed by atoms with Crippen molar-refractivity contribution in [3.8, 4) is 11.3 Å². The first kappa shape index (κ1) is 21.6. The van der Waals surface area contributed by atoms with Gasteiger partial charge in [0, 0.05) is 35.4 Å². The van der Waals surface area contributed by atoms with Gasteiger partial charge in [-0.15, -0.1) is 9.24 Å². The fourth-order valence-corrected chi connectivity index (χ4v) is 5.07. The minimum Gasteiger partial charge on any atom is -0.356 e. The first-order chi connectivity index (χ1) is 15.0. The van der Waals surface area contributed by atoms with E-state index in [1.54, 1.807) is 6.07 Å². The number of rotatable bonds is 4. The van der Waals surface area contributed by atoms with E-state index < -0.39 is 0 Å². The number of halogens is 1. The Bertz CT molecular complexity index is 1270. The van der Waals surface area contributed by atoms with Crippen LogP contribution in [0.2, 0.25) is 0 Å². The second-order valence-electron chi connectivity index (χ2n) is 8.37. The van der Waals surface area contributed by atoms with Crippen LogP contribution in [0.25, 0.3) is 34.4 Å². The molecule has 1 fully saturated rings. The Kier molecular flexibility index (Phi) is 6.20. The summed E-state index contributed by atoms with van der Waals surface area (Å²) in [6.07, 6.45) is 4.85. The number of hydrogen-bond donors (Lipinski definition) is 0. The summed E-state index contributed by atoms with van der Waals surface area (Å²) >= 11 is 0. The molecule has 1 aromatic heterocycles. The van der Waals surface area contributed by atoms with Crippen LogP contribution in [0.4, 0.5) is 4.39 Å². The maximum absolute atomic E-state index is 14.6. The summed E-state index contributed by atoms with van der Waals surface area (Å²) in [6.45, 7) is 14.4. The number of piperidine rings is 1. The lowest BCUT2D eigenvalue weighted by molar-refractivity contribution is 0.256. The van der Waals surface area contributed by atoms with Crippen LogP contribution in [0.5, 0.6) is 0 Å². The molecule has 0 aliphatic carbocycles. The Morgan fingerprint density at radius 1 is 1.32 bits per heavy atom. The average molecular weight is 434 g/mol. The lowest BCUT2D eigenvalue weighted by Crippen LogP contribution is -2.42. The van der Waals surface area contributed by atoms with E-state index in [2.05, 4.69) is 39.4 Å². The van der Waals surface area contributed by atoms with Gasteiger partial charge in [0.1, 0.15) is 11.6 Å². The minimum absolute atomic E-state index is 0.176. The molecule has 31 heavy (non-hydrogen) atoms. The molecule has 0 bridgehead atoms. The molecule has 3 nitrogen and oxygen atoms in total. The van der Waals surface area contributed by atoms with Crippen molar-refractivity contribution in [2.45, 2.75) is 33.1 Å². The third kappa shape index (κ3) is 3.90. The van der Waals surface area contributed by atoms with Gasteiger partial charge in [0.25, 0.3) is 0 Å². The van der Waals surface area contributed by atoms with Crippen molar-refractivity contribution in [3.63, 3.8) is 0 Å². The molecule has 3 aromatic rings. The molecule has 2 unspecified atom stereocenters. The molecule has 2 atom stereocenters. The number of fused-ring (bicyclic) bond motifs is 1. The molecular formula is C26H29FN3P. The van der Waals surface area contributed by atoms with Crippen molar-refractivity contribution in [2.75, 3.05) is 13.1 Å². The Hall–Kier alpha value is -2.58. The molecule has 0 spiro atoms. The number of likely N-dealkylation sites (tertiary alicyclic amines) is 1. The smallest absolute Gasteiger partial charge is 0.137 e. The summed E-state index contributed by atoms with van der Waals surface area (Å²) < 4.78 is 14.6. The van der Waals surface area contributed by atoms with Crippen LogP contribution in [0.15, 0.2) is 41.5 Å². The van der Waals surface area contributed by atoms with E-state index in [9.17, 15) is 4.39 Å². The van der Waals surface area contributed by atoms with E-state index in [1.165, 1.54) is 6.42 Å².